The molecule has 0 aromatic heterocycles. The molecule has 5 heteroatoms. The number of aliphatic hydroxyl groups is 1. The average molecular weight is 355 g/mol. The number of anilines is 1. The molecular formula is C21H25NO4. The van der Waals surface area contributed by atoms with E-state index in [9.17, 15) is 9.59 Å². The van der Waals surface area contributed by atoms with Crippen molar-refractivity contribution in [2.45, 2.75) is 45.8 Å². The molecule has 2 aromatic carbocycles. The van der Waals surface area contributed by atoms with Crippen LogP contribution in [0, 0.1) is 0 Å². The maximum atomic E-state index is 12.4. The van der Waals surface area contributed by atoms with Crippen molar-refractivity contribution in [1.29, 1.82) is 0 Å². The summed E-state index contributed by atoms with van der Waals surface area (Å²) in [7, 11) is 0. The number of rotatable bonds is 7. The van der Waals surface area contributed by atoms with Gasteiger partial charge in [-0.3, -0.25) is 4.79 Å². The zero-order chi connectivity index (χ0) is 19.1. The first kappa shape index (κ1) is 19.7. The van der Waals surface area contributed by atoms with Gasteiger partial charge in [-0.05, 0) is 48.6 Å². The number of aliphatic hydroxyl groups excluding tert-OH is 1. The second-order valence-corrected chi connectivity index (χ2v) is 6.29. The molecule has 0 radical (unpaired) electrons. The van der Waals surface area contributed by atoms with Crippen molar-refractivity contribution in [3.63, 3.8) is 0 Å². The molecule has 0 aliphatic heterocycles. The second kappa shape index (κ2) is 9.15. The predicted octanol–water partition coefficient (Wildman–Crippen LogP) is 3.88. The van der Waals surface area contributed by atoms with Crippen LogP contribution in [0.4, 0.5) is 5.69 Å². The van der Waals surface area contributed by atoms with Crippen molar-refractivity contribution in [1.82, 2.24) is 0 Å². The highest BCUT2D eigenvalue weighted by molar-refractivity contribution is 5.97. The average Bonchev–Trinajstić information content (AvgIpc) is 2.67. The summed E-state index contributed by atoms with van der Waals surface area (Å²) in [5.41, 5.74) is 2.83. The number of para-hydroxylation sites is 1. The monoisotopic (exact) mass is 355 g/mol. The molecule has 2 N–H and O–H groups in total. The first-order valence-electron chi connectivity index (χ1n) is 8.76. The molecular weight excluding hydrogens is 330 g/mol. The maximum absolute atomic E-state index is 12.4. The van der Waals surface area contributed by atoms with Crippen LogP contribution in [0.2, 0.25) is 0 Å². The smallest absolute Gasteiger partial charge is 0.338 e. The van der Waals surface area contributed by atoms with Gasteiger partial charge in [-0.2, -0.15) is 0 Å². The quantitative estimate of drug-likeness (QED) is 0.739. The lowest BCUT2D eigenvalue weighted by atomic mass is 9.97. The Morgan fingerprint density at radius 2 is 1.73 bits per heavy atom. The Bertz CT molecular complexity index is 755. The third-order valence-corrected chi connectivity index (χ3v) is 4.39. The summed E-state index contributed by atoms with van der Waals surface area (Å²) in [5.74, 6) is -0.636. The fourth-order valence-corrected chi connectivity index (χ4v) is 2.52. The van der Waals surface area contributed by atoms with Crippen molar-refractivity contribution in [2.24, 2.45) is 0 Å². The van der Waals surface area contributed by atoms with Gasteiger partial charge >= 0.3 is 5.97 Å². The molecule has 2 rings (SSSR count). The van der Waals surface area contributed by atoms with E-state index in [-0.39, 0.29) is 12.5 Å². The number of carbonyl (C=O) groups is 2. The molecule has 0 fully saturated rings. The normalized spacial score (nSPS) is 12.9. The molecule has 1 amide bonds. The van der Waals surface area contributed by atoms with E-state index in [1.807, 2.05) is 24.3 Å². The van der Waals surface area contributed by atoms with Crippen LogP contribution in [0.15, 0.2) is 48.5 Å². The number of benzene rings is 2. The Balaban J connectivity index is 2.02. The summed E-state index contributed by atoms with van der Waals surface area (Å²) in [6.07, 6.45) is 0.0337. The number of hydrogen-bond acceptors (Lipinski definition) is 4. The summed E-state index contributed by atoms with van der Waals surface area (Å²) >= 11 is 0. The summed E-state index contributed by atoms with van der Waals surface area (Å²) in [6.45, 7) is 5.64. The van der Waals surface area contributed by atoms with Crippen LogP contribution < -0.4 is 5.32 Å². The molecule has 2 atom stereocenters. The summed E-state index contributed by atoms with van der Waals surface area (Å²) in [4.78, 5) is 24.6. The van der Waals surface area contributed by atoms with Gasteiger partial charge in [0, 0.05) is 5.69 Å². The molecule has 0 heterocycles. The highest BCUT2D eigenvalue weighted by Gasteiger charge is 2.20. The highest BCUT2D eigenvalue weighted by atomic mass is 16.5. The van der Waals surface area contributed by atoms with Gasteiger partial charge in [0.05, 0.1) is 12.2 Å². The predicted molar refractivity (Wildman–Crippen MR) is 101 cm³/mol. The SMILES string of the molecule is CC[C@H](C)c1ccccc1NC(=O)[C@H](C)OC(=O)c1ccc(CO)cc1. The third-order valence-electron chi connectivity index (χ3n) is 4.39. The third kappa shape index (κ3) is 4.92. The molecule has 138 valence electrons. The Morgan fingerprint density at radius 3 is 2.35 bits per heavy atom. The molecule has 0 saturated heterocycles. The molecule has 0 aliphatic rings. The van der Waals surface area contributed by atoms with Gasteiger partial charge < -0.3 is 15.2 Å². The fraction of sp³-hybridized carbons (Fsp3) is 0.333. The molecule has 2 aromatic rings. The van der Waals surface area contributed by atoms with Crippen LogP contribution in [-0.2, 0) is 16.1 Å². The van der Waals surface area contributed by atoms with Crippen LogP contribution in [0.25, 0.3) is 0 Å². The van der Waals surface area contributed by atoms with Gasteiger partial charge in [0.1, 0.15) is 0 Å². The number of hydrogen-bond donors (Lipinski definition) is 2. The van der Waals surface area contributed by atoms with Gasteiger partial charge in [-0.1, -0.05) is 44.2 Å². The fourth-order valence-electron chi connectivity index (χ4n) is 2.52. The number of carbonyl (C=O) groups excluding carboxylic acids is 2. The Labute approximate surface area is 154 Å². The summed E-state index contributed by atoms with van der Waals surface area (Å²) in [6, 6.07) is 14.1. The van der Waals surface area contributed by atoms with Crippen molar-refractivity contribution in [3.05, 3.63) is 65.2 Å². The molecule has 0 unspecified atom stereocenters. The molecule has 5 nitrogen and oxygen atoms in total. The van der Waals surface area contributed by atoms with Crippen LogP contribution in [0.5, 0.6) is 0 Å². The van der Waals surface area contributed by atoms with E-state index in [1.54, 1.807) is 31.2 Å². The number of ether oxygens (including phenoxy) is 1. The lowest BCUT2D eigenvalue weighted by molar-refractivity contribution is -0.123. The number of amides is 1. The van der Waals surface area contributed by atoms with E-state index in [4.69, 9.17) is 9.84 Å². The van der Waals surface area contributed by atoms with Gasteiger partial charge in [-0.25, -0.2) is 4.79 Å². The Kier molecular flexibility index (Phi) is 6.92. The lowest BCUT2D eigenvalue weighted by Gasteiger charge is -2.18. The van der Waals surface area contributed by atoms with Crippen molar-refractivity contribution < 1.29 is 19.4 Å². The minimum absolute atomic E-state index is 0.0935. The van der Waals surface area contributed by atoms with E-state index in [1.165, 1.54) is 0 Å². The van der Waals surface area contributed by atoms with Gasteiger partial charge in [0.2, 0.25) is 0 Å². The first-order chi connectivity index (χ1) is 12.5. The highest BCUT2D eigenvalue weighted by Crippen LogP contribution is 2.26. The largest absolute Gasteiger partial charge is 0.449 e. The minimum atomic E-state index is -0.926. The van der Waals surface area contributed by atoms with Gasteiger partial charge in [0.25, 0.3) is 5.91 Å². The summed E-state index contributed by atoms with van der Waals surface area (Å²) < 4.78 is 5.26. The number of esters is 1. The minimum Gasteiger partial charge on any atom is -0.449 e. The van der Waals surface area contributed by atoms with E-state index < -0.39 is 12.1 Å². The number of nitrogens with one attached hydrogen (secondary N) is 1. The second-order valence-electron chi connectivity index (χ2n) is 6.29. The van der Waals surface area contributed by atoms with Gasteiger partial charge in [0.15, 0.2) is 6.10 Å². The van der Waals surface area contributed by atoms with Crippen LogP contribution in [0.1, 0.15) is 54.6 Å². The molecule has 0 aliphatic carbocycles. The van der Waals surface area contributed by atoms with Crippen molar-refractivity contribution in [3.8, 4) is 0 Å². The van der Waals surface area contributed by atoms with E-state index >= 15 is 0 Å². The molecule has 26 heavy (non-hydrogen) atoms. The topological polar surface area (TPSA) is 75.6 Å². The standard InChI is InChI=1S/C21H25NO4/c1-4-14(2)18-7-5-6-8-19(18)22-20(24)15(3)26-21(25)17-11-9-16(13-23)10-12-17/h5-12,14-15,23H,4,13H2,1-3H3,(H,22,24)/t14-,15-/m0/s1. The van der Waals surface area contributed by atoms with E-state index in [0.29, 0.717) is 17.0 Å². The van der Waals surface area contributed by atoms with Gasteiger partial charge in [-0.15, -0.1) is 0 Å². The molecule has 0 saturated carbocycles. The Hall–Kier alpha value is -2.66. The van der Waals surface area contributed by atoms with Crippen molar-refractivity contribution >= 4 is 17.6 Å². The van der Waals surface area contributed by atoms with E-state index in [0.717, 1.165) is 17.7 Å². The maximum Gasteiger partial charge on any atom is 0.338 e. The van der Waals surface area contributed by atoms with Crippen molar-refractivity contribution in [2.75, 3.05) is 5.32 Å². The van der Waals surface area contributed by atoms with Crippen LogP contribution >= 0.6 is 0 Å². The van der Waals surface area contributed by atoms with Crippen LogP contribution in [-0.4, -0.2) is 23.1 Å². The zero-order valence-corrected chi connectivity index (χ0v) is 15.4. The zero-order valence-electron chi connectivity index (χ0n) is 15.4. The lowest BCUT2D eigenvalue weighted by Crippen LogP contribution is -2.30. The molecule has 0 bridgehead atoms. The first-order valence-corrected chi connectivity index (χ1v) is 8.76. The van der Waals surface area contributed by atoms with E-state index in [2.05, 4.69) is 19.2 Å². The summed E-state index contributed by atoms with van der Waals surface area (Å²) in [5, 5.41) is 11.9. The van der Waals surface area contributed by atoms with Crippen LogP contribution in [0.3, 0.4) is 0 Å². The molecule has 0 spiro atoms. The Morgan fingerprint density at radius 1 is 1.08 bits per heavy atom.